The highest BCUT2D eigenvalue weighted by molar-refractivity contribution is 7.89. The maximum atomic E-state index is 12.1. The fourth-order valence-electron chi connectivity index (χ4n) is 2.11. The lowest BCUT2D eigenvalue weighted by Gasteiger charge is -2.14. The highest BCUT2D eigenvalue weighted by atomic mass is 32.2. The van der Waals surface area contributed by atoms with Gasteiger partial charge in [-0.3, -0.25) is 4.79 Å². The zero-order valence-corrected chi connectivity index (χ0v) is 15.7. The van der Waals surface area contributed by atoms with E-state index in [1.54, 1.807) is 12.1 Å². The van der Waals surface area contributed by atoms with Gasteiger partial charge in [0.05, 0.1) is 4.90 Å². The first-order chi connectivity index (χ1) is 12.7. The van der Waals surface area contributed by atoms with E-state index in [-0.39, 0.29) is 11.5 Å². The first-order valence-corrected chi connectivity index (χ1v) is 9.53. The van der Waals surface area contributed by atoms with Crippen LogP contribution < -0.4 is 15.2 Å². The van der Waals surface area contributed by atoms with Gasteiger partial charge < -0.3 is 14.8 Å². The normalized spacial score (nSPS) is 12.1. The summed E-state index contributed by atoms with van der Waals surface area (Å²) in [5.74, 6) is -0.699. The molecule has 0 aliphatic carbocycles. The van der Waals surface area contributed by atoms with E-state index in [0.29, 0.717) is 11.4 Å². The predicted octanol–water partition coefficient (Wildman–Crippen LogP) is 1.59. The van der Waals surface area contributed by atoms with Crippen LogP contribution in [0.4, 0.5) is 5.69 Å². The lowest BCUT2D eigenvalue weighted by Crippen LogP contribution is -2.31. The lowest BCUT2D eigenvalue weighted by atomic mass is 10.2. The number of sulfonamides is 1. The average molecular weight is 392 g/mol. The van der Waals surface area contributed by atoms with Crippen molar-refractivity contribution in [2.75, 3.05) is 11.9 Å². The van der Waals surface area contributed by atoms with E-state index in [9.17, 15) is 18.0 Å². The number of para-hydroxylation sites is 1. The Kier molecular flexibility index (Phi) is 6.54. The second kappa shape index (κ2) is 8.65. The number of ether oxygens (including phenoxy) is 2. The second-order valence-corrected chi connectivity index (χ2v) is 7.31. The van der Waals surface area contributed by atoms with Crippen LogP contribution in [0.25, 0.3) is 0 Å². The fourth-order valence-corrected chi connectivity index (χ4v) is 2.63. The van der Waals surface area contributed by atoms with E-state index >= 15 is 0 Å². The number of esters is 1. The van der Waals surface area contributed by atoms with E-state index in [0.717, 1.165) is 5.56 Å². The standard InChI is InChI=1S/C18H20N2O6S/c1-12-5-3-4-6-16(12)25-11-17(21)26-13(2)18(22)20-14-7-9-15(10-8-14)27(19,23)24/h3-10,13H,11H2,1-2H3,(H,20,22)(H2,19,23,24)/t13-/m0/s1. The largest absolute Gasteiger partial charge is 0.482 e. The molecule has 0 unspecified atom stereocenters. The Bertz CT molecular complexity index is 925. The summed E-state index contributed by atoms with van der Waals surface area (Å²) in [6, 6.07) is 12.5. The minimum absolute atomic E-state index is 0.0756. The van der Waals surface area contributed by atoms with Crippen molar-refractivity contribution in [3.05, 3.63) is 54.1 Å². The van der Waals surface area contributed by atoms with Gasteiger partial charge in [0.2, 0.25) is 10.0 Å². The molecule has 0 aliphatic heterocycles. The number of carbonyl (C=O) groups excluding carboxylic acids is 2. The summed E-state index contributed by atoms with van der Waals surface area (Å²) in [5, 5.41) is 7.52. The molecule has 2 aromatic rings. The highest BCUT2D eigenvalue weighted by Gasteiger charge is 2.19. The SMILES string of the molecule is Cc1ccccc1OCC(=O)O[C@@H](C)C(=O)Nc1ccc(S(N)(=O)=O)cc1. The number of nitrogens with two attached hydrogens (primary N) is 1. The predicted molar refractivity (Wildman–Crippen MR) is 98.7 cm³/mol. The number of rotatable bonds is 7. The molecule has 3 N–H and O–H groups in total. The van der Waals surface area contributed by atoms with E-state index in [4.69, 9.17) is 14.6 Å². The van der Waals surface area contributed by atoms with Crippen LogP contribution in [0.1, 0.15) is 12.5 Å². The fraction of sp³-hybridized carbons (Fsp3) is 0.222. The number of carbonyl (C=O) groups is 2. The Labute approximate surface area is 157 Å². The molecule has 0 aromatic heterocycles. The topological polar surface area (TPSA) is 125 Å². The number of primary sulfonamides is 1. The van der Waals surface area contributed by atoms with Crippen LogP contribution in [0.15, 0.2) is 53.4 Å². The van der Waals surface area contributed by atoms with E-state index in [2.05, 4.69) is 5.32 Å². The lowest BCUT2D eigenvalue weighted by molar-refractivity contribution is -0.155. The number of anilines is 1. The number of benzene rings is 2. The van der Waals surface area contributed by atoms with E-state index < -0.39 is 28.0 Å². The van der Waals surface area contributed by atoms with Crippen molar-refractivity contribution in [1.29, 1.82) is 0 Å². The average Bonchev–Trinajstić information content (AvgIpc) is 2.60. The summed E-state index contributed by atoms with van der Waals surface area (Å²) in [4.78, 5) is 23.9. The summed E-state index contributed by atoms with van der Waals surface area (Å²) in [6.07, 6.45) is -1.06. The van der Waals surface area contributed by atoms with E-state index in [1.807, 2.05) is 19.1 Å². The minimum atomic E-state index is -3.81. The van der Waals surface area contributed by atoms with Gasteiger partial charge in [0.1, 0.15) is 5.75 Å². The molecule has 0 heterocycles. The van der Waals surface area contributed by atoms with Crippen molar-refractivity contribution >= 4 is 27.6 Å². The van der Waals surface area contributed by atoms with Gasteiger partial charge in [-0.25, -0.2) is 18.4 Å². The number of amides is 1. The van der Waals surface area contributed by atoms with Crippen molar-refractivity contribution in [2.24, 2.45) is 5.14 Å². The number of aryl methyl sites for hydroxylation is 1. The van der Waals surface area contributed by atoms with Crippen LogP contribution in [0.3, 0.4) is 0 Å². The minimum Gasteiger partial charge on any atom is -0.482 e. The zero-order chi connectivity index (χ0) is 20.0. The summed E-state index contributed by atoms with van der Waals surface area (Å²) in [6.45, 7) is 2.93. The third-order valence-electron chi connectivity index (χ3n) is 3.57. The Balaban J connectivity index is 1.86. The zero-order valence-electron chi connectivity index (χ0n) is 14.8. The van der Waals surface area contributed by atoms with Crippen LogP contribution >= 0.6 is 0 Å². The molecule has 0 spiro atoms. The van der Waals surface area contributed by atoms with Crippen molar-refractivity contribution in [2.45, 2.75) is 24.8 Å². The highest BCUT2D eigenvalue weighted by Crippen LogP contribution is 2.16. The molecule has 2 rings (SSSR count). The Morgan fingerprint density at radius 3 is 2.33 bits per heavy atom. The van der Waals surface area contributed by atoms with Crippen molar-refractivity contribution in [3.8, 4) is 5.75 Å². The first-order valence-electron chi connectivity index (χ1n) is 7.98. The molecule has 1 amide bonds. The van der Waals surface area contributed by atoms with Gasteiger partial charge in [0.15, 0.2) is 12.7 Å². The summed E-state index contributed by atoms with van der Waals surface area (Å²) in [7, 11) is -3.81. The van der Waals surface area contributed by atoms with E-state index in [1.165, 1.54) is 31.2 Å². The molecule has 27 heavy (non-hydrogen) atoms. The summed E-state index contributed by atoms with van der Waals surface area (Å²) >= 11 is 0. The van der Waals surface area contributed by atoms with Gasteiger partial charge >= 0.3 is 5.97 Å². The Morgan fingerprint density at radius 2 is 1.74 bits per heavy atom. The summed E-state index contributed by atoms with van der Waals surface area (Å²) < 4.78 is 32.8. The van der Waals surface area contributed by atoms with Crippen molar-refractivity contribution in [1.82, 2.24) is 0 Å². The third-order valence-corrected chi connectivity index (χ3v) is 4.50. The van der Waals surface area contributed by atoms with Crippen LogP contribution in [0.2, 0.25) is 0 Å². The molecular formula is C18H20N2O6S. The quantitative estimate of drug-likeness (QED) is 0.690. The van der Waals surface area contributed by atoms with Crippen LogP contribution in [0.5, 0.6) is 5.75 Å². The molecule has 2 aromatic carbocycles. The molecule has 144 valence electrons. The van der Waals surface area contributed by atoms with Gasteiger partial charge in [0, 0.05) is 5.69 Å². The van der Waals surface area contributed by atoms with Gasteiger partial charge in [-0.1, -0.05) is 18.2 Å². The van der Waals surface area contributed by atoms with Gasteiger partial charge in [-0.05, 0) is 49.7 Å². The molecule has 1 atom stereocenters. The van der Waals surface area contributed by atoms with Crippen LogP contribution in [0, 0.1) is 6.92 Å². The number of hydrogen-bond acceptors (Lipinski definition) is 6. The molecule has 0 fully saturated rings. The molecular weight excluding hydrogens is 372 g/mol. The van der Waals surface area contributed by atoms with Gasteiger partial charge in [-0.15, -0.1) is 0 Å². The van der Waals surface area contributed by atoms with Crippen LogP contribution in [-0.4, -0.2) is 33.0 Å². The monoisotopic (exact) mass is 392 g/mol. The molecule has 0 aliphatic rings. The molecule has 0 saturated heterocycles. The maximum absolute atomic E-state index is 12.1. The number of nitrogens with one attached hydrogen (secondary N) is 1. The molecule has 8 nitrogen and oxygen atoms in total. The Hall–Kier alpha value is -2.91. The van der Waals surface area contributed by atoms with Crippen molar-refractivity contribution in [3.63, 3.8) is 0 Å². The molecule has 0 bridgehead atoms. The molecule has 9 heteroatoms. The van der Waals surface area contributed by atoms with Gasteiger partial charge in [-0.2, -0.15) is 0 Å². The maximum Gasteiger partial charge on any atom is 0.344 e. The first kappa shape index (κ1) is 20.4. The van der Waals surface area contributed by atoms with Gasteiger partial charge in [0.25, 0.3) is 5.91 Å². The van der Waals surface area contributed by atoms with Crippen molar-refractivity contribution < 1.29 is 27.5 Å². The van der Waals surface area contributed by atoms with Crippen LogP contribution in [-0.2, 0) is 24.3 Å². The second-order valence-electron chi connectivity index (χ2n) is 5.74. The molecule has 0 saturated carbocycles. The Morgan fingerprint density at radius 1 is 1.11 bits per heavy atom. The molecule has 0 radical (unpaired) electrons. The summed E-state index contributed by atoms with van der Waals surface area (Å²) in [5.41, 5.74) is 1.21. The third kappa shape index (κ3) is 6.08. The smallest absolute Gasteiger partial charge is 0.344 e. The number of hydrogen-bond donors (Lipinski definition) is 2.